The number of urea groups is 1. The van der Waals surface area contributed by atoms with Gasteiger partial charge in [0.1, 0.15) is 5.82 Å². The van der Waals surface area contributed by atoms with Gasteiger partial charge in [0.15, 0.2) is 0 Å². The SMILES string of the molecule is CC(CCNC(=O)NCc1nccn1C)C(=O)O. The summed E-state index contributed by atoms with van der Waals surface area (Å²) in [7, 11) is 1.84. The lowest BCUT2D eigenvalue weighted by molar-refractivity contribution is -0.141. The van der Waals surface area contributed by atoms with Crippen LogP contribution in [0.4, 0.5) is 4.79 Å². The number of carboxylic acids is 1. The third-order valence-electron chi connectivity index (χ3n) is 2.61. The van der Waals surface area contributed by atoms with E-state index in [4.69, 9.17) is 5.11 Å². The maximum Gasteiger partial charge on any atom is 0.315 e. The highest BCUT2D eigenvalue weighted by molar-refractivity contribution is 5.74. The molecule has 2 amide bonds. The van der Waals surface area contributed by atoms with E-state index in [1.165, 1.54) is 0 Å². The Hall–Kier alpha value is -2.05. The fourth-order valence-electron chi connectivity index (χ4n) is 1.31. The second kappa shape index (κ2) is 6.63. The second-order valence-corrected chi connectivity index (χ2v) is 4.09. The van der Waals surface area contributed by atoms with E-state index in [9.17, 15) is 9.59 Å². The summed E-state index contributed by atoms with van der Waals surface area (Å²) in [5, 5.41) is 13.9. The number of nitrogens with one attached hydrogen (secondary N) is 2. The van der Waals surface area contributed by atoms with Gasteiger partial charge in [-0.05, 0) is 6.42 Å². The fourth-order valence-corrected chi connectivity index (χ4v) is 1.31. The zero-order valence-electron chi connectivity index (χ0n) is 10.5. The van der Waals surface area contributed by atoms with Crippen molar-refractivity contribution in [1.29, 1.82) is 0 Å². The Labute approximate surface area is 105 Å². The molecule has 0 radical (unpaired) electrons. The minimum atomic E-state index is -0.856. The maximum absolute atomic E-state index is 11.4. The highest BCUT2D eigenvalue weighted by Crippen LogP contribution is 1.99. The summed E-state index contributed by atoms with van der Waals surface area (Å²) < 4.78 is 1.81. The highest BCUT2D eigenvalue weighted by Gasteiger charge is 2.10. The van der Waals surface area contributed by atoms with Crippen LogP contribution in [0.3, 0.4) is 0 Å². The molecule has 0 saturated heterocycles. The van der Waals surface area contributed by atoms with Crippen molar-refractivity contribution in [2.45, 2.75) is 19.9 Å². The molecule has 0 fully saturated rings. The third-order valence-corrected chi connectivity index (χ3v) is 2.61. The van der Waals surface area contributed by atoms with Crippen molar-refractivity contribution in [2.75, 3.05) is 6.54 Å². The van der Waals surface area contributed by atoms with Crippen LogP contribution in [0.5, 0.6) is 0 Å². The summed E-state index contributed by atoms with van der Waals surface area (Å²) in [4.78, 5) is 26.0. The molecule has 0 aliphatic rings. The molecule has 1 heterocycles. The first-order valence-corrected chi connectivity index (χ1v) is 5.71. The monoisotopic (exact) mass is 254 g/mol. The van der Waals surface area contributed by atoms with Crippen LogP contribution in [0.2, 0.25) is 0 Å². The molecular weight excluding hydrogens is 236 g/mol. The zero-order valence-corrected chi connectivity index (χ0v) is 10.5. The number of nitrogens with zero attached hydrogens (tertiary/aromatic N) is 2. The number of rotatable bonds is 6. The molecule has 1 rings (SSSR count). The fraction of sp³-hybridized carbons (Fsp3) is 0.545. The standard InChI is InChI=1S/C11H18N4O3/c1-8(10(16)17)3-4-13-11(18)14-7-9-12-5-6-15(9)2/h5-6,8H,3-4,7H2,1-2H3,(H,16,17)(H2,13,14,18). The van der Waals surface area contributed by atoms with Crippen LogP contribution in [-0.2, 0) is 18.4 Å². The number of aryl methyl sites for hydroxylation is 1. The quantitative estimate of drug-likeness (QED) is 0.681. The molecule has 0 aliphatic carbocycles. The van der Waals surface area contributed by atoms with Crippen molar-refractivity contribution in [1.82, 2.24) is 20.2 Å². The number of hydrogen-bond donors (Lipinski definition) is 3. The van der Waals surface area contributed by atoms with E-state index >= 15 is 0 Å². The molecule has 0 bridgehead atoms. The van der Waals surface area contributed by atoms with E-state index in [2.05, 4.69) is 15.6 Å². The minimum absolute atomic E-state index is 0.324. The van der Waals surface area contributed by atoms with Gasteiger partial charge < -0.3 is 20.3 Å². The van der Waals surface area contributed by atoms with Gasteiger partial charge in [0.25, 0.3) is 0 Å². The summed E-state index contributed by atoms with van der Waals surface area (Å²) in [6.45, 7) is 2.28. The Kier molecular flexibility index (Phi) is 5.16. The first-order valence-electron chi connectivity index (χ1n) is 5.71. The topological polar surface area (TPSA) is 96.3 Å². The highest BCUT2D eigenvalue weighted by atomic mass is 16.4. The Morgan fingerprint density at radius 1 is 1.50 bits per heavy atom. The smallest absolute Gasteiger partial charge is 0.315 e. The van der Waals surface area contributed by atoms with E-state index in [0.717, 1.165) is 5.82 Å². The van der Waals surface area contributed by atoms with Gasteiger partial charge in [0, 0.05) is 26.0 Å². The van der Waals surface area contributed by atoms with Crippen LogP contribution in [0.15, 0.2) is 12.4 Å². The normalized spacial score (nSPS) is 11.9. The van der Waals surface area contributed by atoms with Gasteiger partial charge in [-0.15, -0.1) is 0 Å². The predicted molar refractivity (Wildman–Crippen MR) is 64.9 cm³/mol. The molecule has 1 aromatic rings. The van der Waals surface area contributed by atoms with Gasteiger partial charge >= 0.3 is 12.0 Å². The molecule has 18 heavy (non-hydrogen) atoms. The predicted octanol–water partition coefficient (Wildman–Crippen LogP) is 0.330. The number of carbonyl (C=O) groups excluding carboxylic acids is 1. The Morgan fingerprint density at radius 2 is 2.22 bits per heavy atom. The summed E-state index contributed by atoms with van der Waals surface area (Å²) in [5.41, 5.74) is 0. The molecule has 3 N–H and O–H groups in total. The van der Waals surface area contributed by atoms with E-state index in [0.29, 0.717) is 19.5 Å². The molecular formula is C11H18N4O3. The lowest BCUT2D eigenvalue weighted by Crippen LogP contribution is -2.36. The Morgan fingerprint density at radius 3 is 2.78 bits per heavy atom. The molecule has 1 aromatic heterocycles. The molecule has 0 aliphatic heterocycles. The number of carbonyl (C=O) groups is 2. The third kappa shape index (κ3) is 4.44. The average molecular weight is 254 g/mol. The van der Waals surface area contributed by atoms with Crippen molar-refractivity contribution in [3.63, 3.8) is 0 Å². The van der Waals surface area contributed by atoms with E-state index in [1.54, 1.807) is 19.3 Å². The van der Waals surface area contributed by atoms with Crippen molar-refractivity contribution < 1.29 is 14.7 Å². The molecule has 1 unspecified atom stereocenters. The average Bonchev–Trinajstić information content (AvgIpc) is 2.72. The van der Waals surface area contributed by atoms with Crippen LogP contribution in [0, 0.1) is 5.92 Å². The van der Waals surface area contributed by atoms with Crippen molar-refractivity contribution in [3.8, 4) is 0 Å². The van der Waals surface area contributed by atoms with Crippen LogP contribution in [0.1, 0.15) is 19.2 Å². The largest absolute Gasteiger partial charge is 0.481 e. The first kappa shape index (κ1) is 14.0. The van der Waals surface area contributed by atoms with Crippen LogP contribution in [-0.4, -0.2) is 33.2 Å². The lowest BCUT2D eigenvalue weighted by Gasteiger charge is -2.09. The number of aromatic nitrogens is 2. The van der Waals surface area contributed by atoms with E-state index in [-0.39, 0.29) is 6.03 Å². The van der Waals surface area contributed by atoms with E-state index < -0.39 is 11.9 Å². The van der Waals surface area contributed by atoms with Gasteiger partial charge in [0.05, 0.1) is 12.5 Å². The van der Waals surface area contributed by atoms with Crippen LogP contribution in [0.25, 0.3) is 0 Å². The van der Waals surface area contributed by atoms with Gasteiger partial charge in [-0.1, -0.05) is 6.92 Å². The molecule has 7 heteroatoms. The van der Waals surface area contributed by atoms with Gasteiger partial charge in [0.2, 0.25) is 0 Å². The zero-order chi connectivity index (χ0) is 13.5. The van der Waals surface area contributed by atoms with Gasteiger partial charge in [-0.25, -0.2) is 9.78 Å². The molecule has 100 valence electrons. The Bertz CT molecular complexity index is 416. The summed E-state index contributed by atoms with van der Waals surface area (Å²) in [6.07, 6.45) is 3.86. The Balaban J connectivity index is 2.19. The van der Waals surface area contributed by atoms with Crippen molar-refractivity contribution >= 4 is 12.0 Å². The van der Waals surface area contributed by atoms with Gasteiger partial charge in [-0.2, -0.15) is 0 Å². The molecule has 0 saturated carbocycles. The van der Waals surface area contributed by atoms with Crippen LogP contribution < -0.4 is 10.6 Å². The number of hydrogen-bond acceptors (Lipinski definition) is 3. The first-order chi connectivity index (χ1) is 8.50. The second-order valence-electron chi connectivity index (χ2n) is 4.09. The summed E-state index contributed by atoms with van der Waals surface area (Å²) >= 11 is 0. The van der Waals surface area contributed by atoms with Crippen LogP contribution >= 0.6 is 0 Å². The number of amides is 2. The van der Waals surface area contributed by atoms with E-state index in [1.807, 2.05) is 11.6 Å². The van der Waals surface area contributed by atoms with Gasteiger partial charge in [-0.3, -0.25) is 4.79 Å². The maximum atomic E-state index is 11.4. The van der Waals surface area contributed by atoms with Crippen molar-refractivity contribution in [3.05, 3.63) is 18.2 Å². The summed E-state index contributed by atoms with van der Waals surface area (Å²) in [5.74, 6) is -0.561. The summed E-state index contributed by atoms with van der Waals surface area (Å²) in [6, 6.07) is -0.324. The number of aliphatic carboxylic acids is 1. The number of imidazole rings is 1. The molecule has 0 aromatic carbocycles. The van der Waals surface area contributed by atoms with Crippen molar-refractivity contribution in [2.24, 2.45) is 13.0 Å². The molecule has 7 nitrogen and oxygen atoms in total. The number of carboxylic acid groups (broad SMARTS) is 1. The lowest BCUT2D eigenvalue weighted by atomic mass is 10.1. The molecule has 0 spiro atoms. The molecule has 1 atom stereocenters. The minimum Gasteiger partial charge on any atom is -0.481 e.